The molecule has 3 rings (SSSR count). The predicted molar refractivity (Wildman–Crippen MR) is 128 cm³/mol. The summed E-state index contributed by atoms with van der Waals surface area (Å²) < 4.78 is 63.3. The van der Waals surface area contributed by atoms with Crippen molar-refractivity contribution in [3.05, 3.63) is 76.6 Å². The van der Waals surface area contributed by atoms with Gasteiger partial charge in [0.1, 0.15) is 5.70 Å². The highest BCUT2D eigenvalue weighted by atomic mass is 32.2. The number of aliphatic imine (C=N–C) groups is 1. The Bertz CT molecular complexity index is 1390. The van der Waals surface area contributed by atoms with Crippen LogP contribution < -0.4 is 11.1 Å². The first-order valence-corrected chi connectivity index (χ1v) is 12.5. The molecule has 34 heavy (non-hydrogen) atoms. The first kappa shape index (κ1) is 25.2. The van der Waals surface area contributed by atoms with Crippen molar-refractivity contribution in [2.45, 2.75) is 18.0 Å². The van der Waals surface area contributed by atoms with Crippen LogP contribution in [0.2, 0.25) is 0 Å². The van der Waals surface area contributed by atoms with Gasteiger partial charge in [0, 0.05) is 13.2 Å². The third kappa shape index (κ3) is 6.33. The monoisotopic (exact) mass is 507 g/mol. The van der Waals surface area contributed by atoms with Crippen LogP contribution in [0.5, 0.6) is 0 Å². The number of benzene rings is 2. The molecule has 0 bridgehead atoms. The van der Waals surface area contributed by atoms with Crippen molar-refractivity contribution >= 4 is 44.2 Å². The zero-order chi connectivity index (χ0) is 25.1. The number of anilines is 1. The highest BCUT2D eigenvalue weighted by molar-refractivity contribution is 7.90. The number of carbonyl (C=O) groups excluding carboxylic acids is 1. The lowest BCUT2D eigenvalue weighted by atomic mass is 10.1. The van der Waals surface area contributed by atoms with E-state index < -0.39 is 21.7 Å². The van der Waals surface area contributed by atoms with Gasteiger partial charge in [0.15, 0.2) is 9.84 Å². The second-order valence-electron chi connectivity index (χ2n) is 7.29. The summed E-state index contributed by atoms with van der Waals surface area (Å²) in [6.07, 6.45) is -2.94. The second kappa shape index (κ2) is 9.82. The maximum Gasteiger partial charge on any atom is 0.430 e. The Labute approximate surface area is 198 Å². The molecule has 1 aromatic heterocycles. The Kier molecular flexibility index (Phi) is 7.27. The number of allylic oxidation sites excluding steroid dienone is 2. The van der Waals surface area contributed by atoms with E-state index in [-0.39, 0.29) is 22.2 Å². The first-order valence-electron chi connectivity index (χ1n) is 9.73. The number of nitrogens with zero attached hydrogens (tertiary/aromatic N) is 1. The van der Waals surface area contributed by atoms with Gasteiger partial charge in [0.25, 0.3) is 0 Å². The fraction of sp³-hybridized carbons (Fsp3) is 0.130. The van der Waals surface area contributed by atoms with Crippen LogP contribution in [0, 0.1) is 0 Å². The molecule has 0 radical (unpaired) electrons. The topological polar surface area (TPSA) is 102 Å². The van der Waals surface area contributed by atoms with Gasteiger partial charge in [0.05, 0.1) is 26.9 Å². The fourth-order valence-electron chi connectivity index (χ4n) is 2.91. The Balaban J connectivity index is 2.13. The molecule has 0 aliphatic rings. The van der Waals surface area contributed by atoms with Crippen molar-refractivity contribution in [3.63, 3.8) is 0 Å². The van der Waals surface area contributed by atoms with E-state index in [1.807, 2.05) is 0 Å². The molecular formula is C23H20F3N3O3S2. The Morgan fingerprint density at radius 3 is 2.44 bits per heavy atom. The van der Waals surface area contributed by atoms with E-state index in [2.05, 4.69) is 10.3 Å². The van der Waals surface area contributed by atoms with Crippen LogP contribution in [0.1, 0.15) is 11.8 Å². The number of carbonyl (C=O) groups is 1. The van der Waals surface area contributed by atoms with Crippen molar-refractivity contribution < 1.29 is 26.4 Å². The molecule has 0 atom stereocenters. The van der Waals surface area contributed by atoms with Crippen LogP contribution >= 0.6 is 11.3 Å². The third-order valence-electron chi connectivity index (χ3n) is 4.52. The molecule has 3 aromatic rings. The summed E-state index contributed by atoms with van der Waals surface area (Å²) in [6.45, 7) is 1.30. The zero-order valence-electron chi connectivity index (χ0n) is 18.1. The molecule has 0 unspecified atom stereocenters. The smallest absolute Gasteiger partial charge is 0.395 e. The molecule has 0 aliphatic heterocycles. The van der Waals surface area contributed by atoms with Crippen LogP contribution in [-0.4, -0.2) is 32.5 Å². The summed E-state index contributed by atoms with van der Waals surface area (Å²) in [5, 5.41) is 4.28. The second-order valence-corrected chi connectivity index (χ2v) is 10.2. The summed E-state index contributed by atoms with van der Waals surface area (Å²) in [6, 6.07) is 14.3. The number of para-hydroxylation sites is 2. The highest BCUT2D eigenvalue weighted by Crippen LogP contribution is 2.32. The minimum atomic E-state index is -4.76. The molecule has 1 amide bonds. The van der Waals surface area contributed by atoms with Crippen LogP contribution in [0.3, 0.4) is 0 Å². The van der Waals surface area contributed by atoms with E-state index in [1.54, 1.807) is 47.8 Å². The number of amides is 1. The molecule has 0 fully saturated rings. The number of rotatable bonds is 6. The molecule has 6 nitrogen and oxygen atoms in total. The zero-order valence-corrected chi connectivity index (χ0v) is 19.7. The van der Waals surface area contributed by atoms with Crippen molar-refractivity contribution in [2.75, 3.05) is 11.6 Å². The molecule has 2 aromatic carbocycles. The first-order chi connectivity index (χ1) is 15.8. The van der Waals surface area contributed by atoms with Gasteiger partial charge >= 0.3 is 6.18 Å². The van der Waals surface area contributed by atoms with Crippen molar-refractivity contribution in [2.24, 2.45) is 10.7 Å². The maximum atomic E-state index is 13.2. The minimum Gasteiger partial charge on any atom is -0.395 e. The molecule has 1 heterocycles. The molecule has 178 valence electrons. The number of hydrogen-bond donors (Lipinski definition) is 2. The van der Waals surface area contributed by atoms with Gasteiger partial charge in [-0.2, -0.15) is 13.2 Å². The summed E-state index contributed by atoms with van der Waals surface area (Å²) in [5.74, 6) is -0.362. The molecular weight excluding hydrogens is 487 g/mol. The average molecular weight is 508 g/mol. The number of halogens is 3. The van der Waals surface area contributed by atoms with E-state index in [1.165, 1.54) is 19.1 Å². The van der Waals surface area contributed by atoms with Gasteiger partial charge in [-0.1, -0.05) is 24.3 Å². The number of hydrogen-bond acceptors (Lipinski definition) is 6. The number of nitrogens with two attached hydrogens (primary N) is 1. The summed E-state index contributed by atoms with van der Waals surface area (Å²) >= 11 is 1.12. The van der Waals surface area contributed by atoms with Crippen LogP contribution in [0.4, 0.5) is 24.5 Å². The van der Waals surface area contributed by atoms with Crippen LogP contribution in [-0.2, 0) is 14.6 Å². The summed E-state index contributed by atoms with van der Waals surface area (Å²) in [7, 11) is -3.44. The minimum absolute atomic E-state index is 0.0665. The largest absolute Gasteiger partial charge is 0.430 e. The van der Waals surface area contributed by atoms with Crippen molar-refractivity contribution in [3.8, 4) is 11.1 Å². The van der Waals surface area contributed by atoms with E-state index >= 15 is 0 Å². The summed E-state index contributed by atoms with van der Waals surface area (Å²) in [5.41, 5.74) is 5.62. The molecule has 3 N–H and O–H groups in total. The van der Waals surface area contributed by atoms with E-state index in [9.17, 15) is 26.4 Å². The molecule has 11 heteroatoms. The number of thiophene rings is 1. The van der Waals surface area contributed by atoms with E-state index in [0.717, 1.165) is 23.7 Å². The number of nitrogens with one attached hydrogen (secondary N) is 1. The quantitative estimate of drug-likeness (QED) is 0.442. The normalized spacial score (nSPS) is 13.1. The number of sulfone groups is 1. The molecule has 0 aliphatic carbocycles. The van der Waals surface area contributed by atoms with Crippen molar-refractivity contribution in [1.29, 1.82) is 0 Å². The average Bonchev–Trinajstić information content (AvgIpc) is 3.23. The number of alkyl halides is 3. The van der Waals surface area contributed by atoms with Gasteiger partial charge in [-0.05, 0) is 52.9 Å². The van der Waals surface area contributed by atoms with E-state index in [4.69, 9.17) is 5.73 Å². The molecule has 0 saturated heterocycles. The SMILES string of the molecule is CC(=O)Nc1ccccc1N=C(C=C(N)C(F)(F)F)c1cc(-c2cccc(S(C)(=O)=O)c2)cs1. The standard InChI is InChI=1S/C23H20F3N3O3S2/c1-14(30)28-18-8-3-4-9-19(18)29-20(12-22(27)23(24,25)26)21-11-16(13-33-21)15-6-5-7-17(10-15)34(2,31)32/h3-13H,27H2,1-2H3,(H,28,30). The fourth-order valence-corrected chi connectivity index (χ4v) is 4.46. The van der Waals surface area contributed by atoms with Gasteiger partial charge in [-0.3, -0.25) is 4.79 Å². The van der Waals surface area contributed by atoms with Crippen molar-refractivity contribution in [1.82, 2.24) is 0 Å². The van der Waals surface area contributed by atoms with Crippen LogP contribution in [0.25, 0.3) is 11.1 Å². The van der Waals surface area contributed by atoms with Crippen LogP contribution in [0.15, 0.2) is 81.6 Å². The van der Waals surface area contributed by atoms with Gasteiger partial charge in [-0.25, -0.2) is 13.4 Å². The Hall–Kier alpha value is -3.44. The summed E-state index contributed by atoms with van der Waals surface area (Å²) in [4.78, 5) is 16.4. The molecule has 0 spiro atoms. The lowest BCUT2D eigenvalue weighted by Crippen LogP contribution is -2.20. The van der Waals surface area contributed by atoms with Gasteiger partial charge < -0.3 is 11.1 Å². The lowest BCUT2D eigenvalue weighted by molar-refractivity contribution is -0.114. The highest BCUT2D eigenvalue weighted by Gasteiger charge is 2.32. The molecule has 0 saturated carbocycles. The van der Waals surface area contributed by atoms with Gasteiger partial charge in [0.2, 0.25) is 5.91 Å². The predicted octanol–water partition coefficient (Wildman–Crippen LogP) is 5.30. The third-order valence-corrected chi connectivity index (χ3v) is 6.59. The van der Waals surface area contributed by atoms with Gasteiger partial charge in [-0.15, -0.1) is 11.3 Å². The maximum absolute atomic E-state index is 13.2. The Morgan fingerprint density at radius 1 is 1.09 bits per heavy atom. The van der Waals surface area contributed by atoms with E-state index in [0.29, 0.717) is 21.7 Å². The Morgan fingerprint density at radius 2 is 1.79 bits per heavy atom. The lowest BCUT2D eigenvalue weighted by Gasteiger charge is -2.09.